The van der Waals surface area contributed by atoms with Crippen molar-refractivity contribution in [3.8, 4) is 17.0 Å². The highest BCUT2D eigenvalue weighted by molar-refractivity contribution is 5.95. The minimum atomic E-state index is -0.188. The van der Waals surface area contributed by atoms with Crippen molar-refractivity contribution in [3.63, 3.8) is 0 Å². The number of benzene rings is 2. The maximum Gasteiger partial charge on any atom is 0.279 e. The fourth-order valence-corrected chi connectivity index (χ4v) is 4.85. The number of piperazine rings is 1. The number of hydrogen-bond acceptors (Lipinski definition) is 7. The summed E-state index contributed by atoms with van der Waals surface area (Å²) in [6.07, 6.45) is 3.70. The third kappa shape index (κ3) is 3.87. The second-order valence-electron chi connectivity index (χ2n) is 8.99. The molecule has 5 aromatic rings. The molecule has 6 rings (SSSR count). The van der Waals surface area contributed by atoms with Gasteiger partial charge in [-0.1, -0.05) is 30.3 Å². The van der Waals surface area contributed by atoms with Crippen LogP contribution in [-0.4, -0.2) is 57.4 Å². The molecule has 3 aromatic heterocycles. The zero-order valence-electron chi connectivity index (χ0n) is 20.3. The molecule has 36 heavy (non-hydrogen) atoms. The van der Waals surface area contributed by atoms with Gasteiger partial charge in [0.1, 0.15) is 17.0 Å². The van der Waals surface area contributed by atoms with Crippen LogP contribution in [0, 0.1) is 0 Å². The zero-order valence-corrected chi connectivity index (χ0v) is 20.3. The van der Waals surface area contributed by atoms with Crippen molar-refractivity contribution >= 4 is 28.0 Å². The third-order valence-corrected chi connectivity index (χ3v) is 6.70. The van der Waals surface area contributed by atoms with Crippen LogP contribution in [0.2, 0.25) is 0 Å². The number of fused-ring (bicyclic) bond motifs is 2. The van der Waals surface area contributed by atoms with E-state index >= 15 is 0 Å². The van der Waals surface area contributed by atoms with Crippen molar-refractivity contribution in [2.24, 2.45) is 7.05 Å². The fraction of sp³-hybridized carbons (Fsp3) is 0.259. The molecule has 0 radical (unpaired) electrons. The number of para-hydroxylation sites is 1. The van der Waals surface area contributed by atoms with Crippen LogP contribution in [0.1, 0.15) is 5.56 Å². The van der Waals surface area contributed by atoms with Crippen LogP contribution in [0.25, 0.3) is 33.3 Å². The van der Waals surface area contributed by atoms with E-state index in [2.05, 4.69) is 15.2 Å². The highest BCUT2D eigenvalue weighted by Crippen LogP contribution is 2.28. The van der Waals surface area contributed by atoms with Gasteiger partial charge in [0.25, 0.3) is 5.56 Å². The number of aryl methyl sites for hydroxylation is 1. The third-order valence-electron chi connectivity index (χ3n) is 6.70. The molecule has 4 heterocycles. The Hall–Kier alpha value is -4.24. The van der Waals surface area contributed by atoms with E-state index in [0.717, 1.165) is 54.0 Å². The fourth-order valence-electron chi connectivity index (χ4n) is 4.85. The summed E-state index contributed by atoms with van der Waals surface area (Å²) in [5.74, 6) is 1.35. The van der Waals surface area contributed by atoms with E-state index in [-0.39, 0.29) is 5.56 Å². The van der Waals surface area contributed by atoms with Crippen LogP contribution in [0.4, 0.5) is 5.95 Å². The molecule has 0 aliphatic carbocycles. The molecule has 0 saturated carbocycles. The molecular formula is C27H27N7O2. The summed E-state index contributed by atoms with van der Waals surface area (Å²) in [6, 6.07) is 15.8. The second-order valence-corrected chi connectivity index (χ2v) is 8.99. The molecule has 0 atom stereocenters. The quantitative estimate of drug-likeness (QED) is 0.413. The number of nitrogens with zero attached hydrogens (tertiary/aromatic N) is 6. The van der Waals surface area contributed by atoms with Gasteiger partial charge in [0.05, 0.1) is 19.9 Å². The first-order chi connectivity index (χ1) is 17.6. The molecule has 2 aromatic carbocycles. The molecule has 1 fully saturated rings. The molecule has 9 heteroatoms. The predicted octanol–water partition coefficient (Wildman–Crippen LogP) is 2.81. The Labute approximate surface area is 208 Å². The summed E-state index contributed by atoms with van der Waals surface area (Å²) in [5.41, 5.74) is 4.08. The van der Waals surface area contributed by atoms with E-state index in [9.17, 15) is 4.79 Å². The summed E-state index contributed by atoms with van der Waals surface area (Å²) in [7, 11) is 3.61. The Kier molecular flexibility index (Phi) is 5.61. The van der Waals surface area contributed by atoms with Gasteiger partial charge >= 0.3 is 0 Å². The van der Waals surface area contributed by atoms with E-state index < -0.39 is 0 Å². The standard InChI is InChI=1S/C27H27N7O2/c1-32-17-21(20-8-3-4-9-23(20)32)24-26(35)34(16-18-6-5-7-19(14-18)36-2)25-22(30-24)15-29-27(31-25)33-12-10-28-11-13-33/h3-9,14-15,17,28H,10-13,16H2,1-2H3. The Balaban J connectivity index is 1.57. The minimum absolute atomic E-state index is 0.188. The normalized spacial score (nSPS) is 14.0. The first-order valence-electron chi connectivity index (χ1n) is 12.0. The monoisotopic (exact) mass is 481 g/mol. The molecule has 1 aliphatic rings. The molecule has 1 aliphatic heterocycles. The zero-order chi connectivity index (χ0) is 24.6. The Morgan fingerprint density at radius 1 is 1.06 bits per heavy atom. The number of anilines is 1. The van der Waals surface area contributed by atoms with Crippen molar-refractivity contribution < 1.29 is 4.74 Å². The van der Waals surface area contributed by atoms with Gasteiger partial charge in [-0.25, -0.2) is 9.97 Å². The highest BCUT2D eigenvalue weighted by atomic mass is 16.5. The summed E-state index contributed by atoms with van der Waals surface area (Å²) < 4.78 is 9.14. The van der Waals surface area contributed by atoms with Gasteiger partial charge in [-0.2, -0.15) is 4.98 Å². The molecule has 0 unspecified atom stereocenters. The van der Waals surface area contributed by atoms with E-state index in [1.807, 2.05) is 66.3 Å². The molecule has 0 spiro atoms. The summed E-state index contributed by atoms with van der Waals surface area (Å²) in [6.45, 7) is 3.71. The number of ether oxygens (including phenoxy) is 1. The van der Waals surface area contributed by atoms with Crippen molar-refractivity contribution in [2.45, 2.75) is 6.54 Å². The molecule has 1 N–H and O–H groups in total. The van der Waals surface area contributed by atoms with E-state index in [1.54, 1.807) is 17.9 Å². The van der Waals surface area contributed by atoms with Crippen molar-refractivity contribution in [1.82, 2.24) is 29.4 Å². The van der Waals surface area contributed by atoms with Gasteiger partial charge in [-0.05, 0) is 23.8 Å². The lowest BCUT2D eigenvalue weighted by atomic mass is 10.1. The van der Waals surface area contributed by atoms with Crippen molar-refractivity contribution in [3.05, 3.63) is 76.8 Å². The lowest BCUT2D eigenvalue weighted by Gasteiger charge is -2.27. The number of hydrogen-bond donors (Lipinski definition) is 1. The Morgan fingerprint density at radius 3 is 2.72 bits per heavy atom. The van der Waals surface area contributed by atoms with Gasteiger partial charge in [-0.15, -0.1) is 0 Å². The summed E-state index contributed by atoms with van der Waals surface area (Å²) >= 11 is 0. The molecule has 0 bridgehead atoms. The van der Waals surface area contributed by atoms with Gasteiger partial charge in [-0.3, -0.25) is 9.36 Å². The van der Waals surface area contributed by atoms with Gasteiger partial charge in [0.15, 0.2) is 5.65 Å². The average Bonchev–Trinajstić information content (AvgIpc) is 3.26. The van der Waals surface area contributed by atoms with Crippen LogP contribution >= 0.6 is 0 Å². The van der Waals surface area contributed by atoms with Crippen LogP contribution in [0.3, 0.4) is 0 Å². The van der Waals surface area contributed by atoms with Crippen molar-refractivity contribution in [1.29, 1.82) is 0 Å². The first kappa shape index (κ1) is 22.2. The lowest BCUT2D eigenvalue weighted by Crippen LogP contribution is -2.44. The van der Waals surface area contributed by atoms with Gasteiger partial charge in [0, 0.05) is 55.9 Å². The largest absolute Gasteiger partial charge is 0.497 e. The molecule has 0 amide bonds. The Bertz CT molecular complexity index is 1630. The van der Waals surface area contributed by atoms with Crippen LogP contribution in [-0.2, 0) is 13.6 Å². The topological polar surface area (TPSA) is 90.1 Å². The number of nitrogens with one attached hydrogen (secondary N) is 1. The predicted molar refractivity (Wildman–Crippen MR) is 141 cm³/mol. The summed E-state index contributed by atoms with van der Waals surface area (Å²) in [4.78, 5) is 30.5. The minimum Gasteiger partial charge on any atom is -0.497 e. The van der Waals surface area contributed by atoms with E-state index in [1.165, 1.54) is 0 Å². The van der Waals surface area contributed by atoms with Gasteiger partial charge < -0.3 is 19.5 Å². The van der Waals surface area contributed by atoms with Crippen LogP contribution in [0.15, 0.2) is 65.7 Å². The van der Waals surface area contributed by atoms with Crippen LogP contribution < -0.4 is 20.5 Å². The smallest absolute Gasteiger partial charge is 0.279 e. The second kappa shape index (κ2) is 9.09. The average molecular weight is 482 g/mol. The maximum absolute atomic E-state index is 14.1. The SMILES string of the molecule is COc1cccc(Cn2c(=O)c(-c3cn(C)c4ccccc34)nc3cnc(N4CCNCC4)nc32)c1. The highest BCUT2D eigenvalue weighted by Gasteiger charge is 2.20. The van der Waals surface area contributed by atoms with E-state index in [4.69, 9.17) is 14.7 Å². The molecule has 9 nitrogen and oxygen atoms in total. The van der Waals surface area contributed by atoms with Crippen LogP contribution in [0.5, 0.6) is 5.75 Å². The number of aromatic nitrogens is 5. The number of methoxy groups -OCH3 is 1. The lowest BCUT2D eigenvalue weighted by molar-refractivity contribution is 0.414. The molecule has 1 saturated heterocycles. The van der Waals surface area contributed by atoms with E-state index in [0.29, 0.717) is 29.4 Å². The molecule has 182 valence electrons. The maximum atomic E-state index is 14.1. The van der Waals surface area contributed by atoms with Crippen molar-refractivity contribution in [2.75, 3.05) is 38.2 Å². The first-order valence-corrected chi connectivity index (χ1v) is 12.0. The van der Waals surface area contributed by atoms with Gasteiger partial charge in [0.2, 0.25) is 5.95 Å². The summed E-state index contributed by atoms with van der Waals surface area (Å²) in [5, 5.41) is 4.33. The molecular weight excluding hydrogens is 454 g/mol. The Morgan fingerprint density at radius 2 is 1.89 bits per heavy atom. The number of rotatable bonds is 5.